The van der Waals surface area contributed by atoms with E-state index in [1.807, 2.05) is 19.1 Å². The van der Waals surface area contributed by atoms with Gasteiger partial charge in [0.15, 0.2) is 0 Å². The zero-order valence-corrected chi connectivity index (χ0v) is 20.7. The first-order chi connectivity index (χ1) is 16.3. The number of carbonyl (C=O) groups is 3. The molecule has 0 saturated carbocycles. The van der Waals surface area contributed by atoms with Crippen LogP contribution >= 0.6 is 15.9 Å². The van der Waals surface area contributed by atoms with E-state index < -0.39 is 29.7 Å². The number of phenols is 1. The van der Waals surface area contributed by atoms with Crippen LogP contribution in [0.5, 0.6) is 5.75 Å². The van der Waals surface area contributed by atoms with E-state index in [4.69, 9.17) is 4.74 Å². The lowest BCUT2D eigenvalue weighted by molar-refractivity contribution is -0.137. The van der Waals surface area contributed by atoms with Crippen molar-refractivity contribution in [2.45, 2.75) is 38.7 Å². The number of methoxy groups -OCH3 is 1. The van der Waals surface area contributed by atoms with E-state index in [1.54, 1.807) is 12.1 Å². The quantitative estimate of drug-likeness (QED) is 0.422. The number of aliphatic hydroxyl groups excluding tert-OH is 1. The lowest BCUT2D eigenvalue weighted by atomic mass is 9.69. The van der Waals surface area contributed by atoms with E-state index in [0.29, 0.717) is 23.3 Å². The molecule has 1 aliphatic carbocycles. The second-order valence-electron chi connectivity index (χ2n) is 8.86. The molecule has 2 heterocycles. The number of benzene rings is 1. The fourth-order valence-corrected chi connectivity index (χ4v) is 5.80. The zero-order chi connectivity index (χ0) is 24.6. The molecule has 2 fully saturated rings. The first-order valence-corrected chi connectivity index (χ1v) is 12.2. The van der Waals surface area contributed by atoms with Crippen LogP contribution in [0.15, 0.2) is 39.4 Å². The molecule has 34 heavy (non-hydrogen) atoms. The van der Waals surface area contributed by atoms with Crippen molar-refractivity contribution >= 4 is 39.9 Å². The van der Waals surface area contributed by atoms with E-state index in [9.17, 15) is 24.6 Å². The van der Waals surface area contributed by atoms with Crippen molar-refractivity contribution in [2.24, 2.45) is 17.8 Å². The third kappa shape index (κ3) is 4.32. The van der Waals surface area contributed by atoms with Gasteiger partial charge in [0, 0.05) is 16.0 Å². The second-order valence-corrected chi connectivity index (χ2v) is 9.78. The smallest absolute Gasteiger partial charge is 0.423 e. The van der Waals surface area contributed by atoms with Crippen LogP contribution in [0, 0.1) is 17.8 Å². The van der Waals surface area contributed by atoms with Crippen LogP contribution in [0.25, 0.3) is 6.08 Å². The van der Waals surface area contributed by atoms with Gasteiger partial charge >= 0.3 is 6.09 Å². The Hall–Kier alpha value is -2.49. The first-order valence-electron chi connectivity index (χ1n) is 11.4. The van der Waals surface area contributed by atoms with Gasteiger partial charge < -0.3 is 19.7 Å². The number of imide groups is 3. The number of nitrogens with zero attached hydrogens (tertiary/aromatic N) is 1. The van der Waals surface area contributed by atoms with Crippen molar-refractivity contribution < 1.29 is 34.1 Å². The molecular formula is C25H28BrNO7. The molecule has 1 aromatic carbocycles. The molecule has 1 aromatic rings. The Morgan fingerprint density at radius 2 is 2.06 bits per heavy atom. The van der Waals surface area contributed by atoms with Crippen molar-refractivity contribution in [3.05, 3.63) is 45.0 Å². The molecule has 4 atom stereocenters. The maximum Gasteiger partial charge on any atom is 0.423 e. The lowest BCUT2D eigenvalue weighted by Gasteiger charge is -2.31. The summed E-state index contributed by atoms with van der Waals surface area (Å²) in [7, 11) is 1.13. The highest BCUT2D eigenvalue weighted by atomic mass is 79.9. The molecule has 0 bridgehead atoms. The largest absolute Gasteiger partial charge is 0.507 e. The summed E-state index contributed by atoms with van der Waals surface area (Å²) >= 11 is 3.43. The van der Waals surface area contributed by atoms with Crippen LogP contribution in [0.2, 0.25) is 0 Å². The maximum absolute atomic E-state index is 13.0. The highest BCUT2D eigenvalue weighted by Crippen LogP contribution is 2.49. The van der Waals surface area contributed by atoms with Gasteiger partial charge in [0.2, 0.25) is 11.8 Å². The molecule has 3 aliphatic rings. The Bertz CT molecular complexity index is 1080. The molecule has 2 N–H and O–H groups in total. The van der Waals surface area contributed by atoms with E-state index >= 15 is 0 Å². The topological polar surface area (TPSA) is 113 Å². The Morgan fingerprint density at radius 3 is 2.74 bits per heavy atom. The van der Waals surface area contributed by atoms with Gasteiger partial charge in [-0.25, -0.2) is 4.79 Å². The van der Waals surface area contributed by atoms with Gasteiger partial charge in [0.05, 0.1) is 38.3 Å². The number of phenolic OH excluding ortho intramolecular Hbond substituents is 1. The minimum Gasteiger partial charge on any atom is -0.507 e. The predicted molar refractivity (Wildman–Crippen MR) is 127 cm³/mol. The van der Waals surface area contributed by atoms with Crippen molar-refractivity contribution in [2.75, 3.05) is 20.3 Å². The fraction of sp³-hybridized carbons (Fsp3) is 0.480. The molecule has 4 rings (SSSR count). The molecule has 8 nitrogen and oxygen atoms in total. The number of allylic oxidation sites excluding steroid dienone is 1. The number of likely N-dealkylation sites (tertiary alicyclic amines) is 1. The van der Waals surface area contributed by atoms with Gasteiger partial charge in [-0.05, 0) is 55.0 Å². The summed E-state index contributed by atoms with van der Waals surface area (Å²) in [5.41, 5.74) is 3.46. The molecule has 0 spiro atoms. The van der Waals surface area contributed by atoms with Crippen molar-refractivity contribution in [1.82, 2.24) is 4.90 Å². The molecule has 3 amide bonds. The number of hydrogen-bond acceptors (Lipinski definition) is 7. The van der Waals surface area contributed by atoms with Crippen LogP contribution < -0.4 is 0 Å². The van der Waals surface area contributed by atoms with E-state index in [2.05, 4.69) is 20.7 Å². The average Bonchev–Trinajstić information content (AvgIpc) is 3.36. The van der Waals surface area contributed by atoms with Gasteiger partial charge in [-0.15, -0.1) is 0 Å². The molecule has 9 heteroatoms. The van der Waals surface area contributed by atoms with Crippen LogP contribution in [0.1, 0.15) is 38.2 Å². The summed E-state index contributed by atoms with van der Waals surface area (Å²) < 4.78 is 11.6. The number of amides is 3. The number of aliphatic hydroxyl groups is 1. The van der Waals surface area contributed by atoms with E-state index in [-0.39, 0.29) is 37.4 Å². The minimum atomic E-state index is -0.972. The Morgan fingerprint density at radius 1 is 1.29 bits per heavy atom. The Labute approximate surface area is 206 Å². The van der Waals surface area contributed by atoms with Gasteiger partial charge in [0.25, 0.3) is 0 Å². The number of hydrogen-bond donors (Lipinski definition) is 2. The van der Waals surface area contributed by atoms with Gasteiger partial charge in [-0.2, -0.15) is 4.90 Å². The number of carbonyl (C=O) groups excluding carboxylic acids is 3. The molecule has 2 aliphatic heterocycles. The number of halogens is 1. The van der Waals surface area contributed by atoms with Crippen molar-refractivity contribution in [3.8, 4) is 5.75 Å². The third-order valence-electron chi connectivity index (χ3n) is 7.09. The summed E-state index contributed by atoms with van der Waals surface area (Å²) in [6, 6.07) is 5.28. The van der Waals surface area contributed by atoms with Gasteiger partial charge in [-0.1, -0.05) is 34.5 Å². The van der Waals surface area contributed by atoms with Gasteiger partial charge in [0.1, 0.15) is 5.75 Å². The Kier molecular flexibility index (Phi) is 7.25. The summed E-state index contributed by atoms with van der Waals surface area (Å²) in [6.45, 7) is 2.08. The molecule has 0 radical (unpaired) electrons. The lowest BCUT2D eigenvalue weighted by Crippen LogP contribution is -2.38. The predicted octanol–water partition coefficient (Wildman–Crippen LogP) is 3.80. The zero-order valence-electron chi connectivity index (χ0n) is 19.1. The Balaban J connectivity index is 1.55. The number of aromatic hydroxyl groups is 1. The fourth-order valence-electron chi connectivity index (χ4n) is 5.42. The van der Waals surface area contributed by atoms with Crippen LogP contribution in [-0.4, -0.2) is 59.4 Å². The monoisotopic (exact) mass is 533 g/mol. The highest BCUT2D eigenvalue weighted by molar-refractivity contribution is 9.10. The minimum absolute atomic E-state index is 0.203. The standard InChI is InChI=1S/C25H28BrNO7/c1-3-13(8-14-9-16(26)5-6-19(14)29)4-7-20-21-15(11-28)10-17-22(18(21)12-34-20)24(31)27(23(17)30)25(32)33-2/h5-6,8-9,17-18,20,22,28-29H,3-4,7,10-12H2,1-2H3/b13-8+/t17-,18+,20-,22-/m1/s1. The molecule has 0 unspecified atom stereocenters. The number of fused-ring (bicyclic) bond motifs is 3. The third-order valence-corrected chi connectivity index (χ3v) is 7.58. The van der Waals surface area contributed by atoms with Gasteiger partial charge in [-0.3, -0.25) is 9.59 Å². The maximum atomic E-state index is 13.0. The van der Waals surface area contributed by atoms with Crippen molar-refractivity contribution in [1.29, 1.82) is 0 Å². The molecule has 0 aromatic heterocycles. The van der Waals surface area contributed by atoms with Crippen LogP contribution in [0.3, 0.4) is 0 Å². The summed E-state index contributed by atoms with van der Waals surface area (Å²) in [5, 5.41) is 20.2. The normalized spacial score (nSPS) is 26.7. The number of ether oxygens (including phenoxy) is 2. The highest BCUT2D eigenvalue weighted by Gasteiger charge is 2.58. The summed E-state index contributed by atoms with van der Waals surface area (Å²) in [6.07, 6.45) is 3.08. The summed E-state index contributed by atoms with van der Waals surface area (Å²) in [5.74, 6) is -2.63. The van der Waals surface area contributed by atoms with E-state index in [1.165, 1.54) is 0 Å². The summed E-state index contributed by atoms with van der Waals surface area (Å²) in [4.78, 5) is 38.4. The average molecular weight is 534 g/mol. The molecule has 2 saturated heterocycles. The molecular weight excluding hydrogens is 506 g/mol. The van der Waals surface area contributed by atoms with Crippen LogP contribution in [-0.2, 0) is 19.1 Å². The second kappa shape index (κ2) is 10.0. The molecule has 182 valence electrons. The SMILES string of the molecule is CC/C(=C\c1cc(Br)ccc1O)CC[C@H]1OC[C@H]2C1=C(CO)C[C@H]1C(=O)N(C(=O)OC)C(=O)[C@H]12. The first kappa shape index (κ1) is 24.6. The van der Waals surface area contributed by atoms with E-state index in [0.717, 1.165) is 34.7 Å². The number of rotatable bonds is 6. The van der Waals surface area contributed by atoms with Crippen molar-refractivity contribution in [3.63, 3.8) is 0 Å². The van der Waals surface area contributed by atoms with Crippen LogP contribution in [0.4, 0.5) is 4.79 Å².